The predicted molar refractivity (Wildman–Crippen MR) is 138 cm³/mol. The lowest BCUT2D eigenvalue weighted by atomic mass is 9.96. The molecule has 1 unspecified atom stereocenters. The lowest BCUT2D eigenvalue weighted by Crippen LogP contribution is -2.40. The molecule has 0 spiro atoms. The van der Waals surface area contributed by atoms with E-state index in [1.807, 2.05) is 6.07 Å². The van der Waals surface area contributed by atoms with Crippen LogP contribution in [0.4, 0.5) is 0 Å². The second kappa shape index (κ2) is 10.5. The molecule has 0 bridgehead atoms. The number of rotatable bonds is 7. The highest BCUT2D eigenvalue weighted by molar-refractivity contribution is 7.07. The van der Waals surface area contributed by atoms with Crippen LogP contribution in [-0.2, 0) is 14.3 Å². The first-order valence-electron chi connectivity index (χ1n) is 11.1. The normalized spacial score (nSPS) is 15.5. The number of allylic oxidation sites excluding steroid dienone is 1. The largest absolute Gasteiger partial charge is 0.484 e. The number of thiazole rings is 1. The molecule has 186 valence electrons. The van der Waals surface area contributed by atoms with E-state index >= 15 is 0 Å². The number of aromatic nitrogens is 1. The summed E-state index contributed by atoms with van der Waals surface area (Å²) in [6.07, 6.45) is 1.38. The van der Waals surface area contributed by atoms with Gasteiger partial charge in [-0.05, 0) is 62.2 Å². The number of hydrogen-bond donors (Lipinski definition) is 1. The summed E-state index contributed by atoms with van der Waals surface area (Å²) in [5.41, 5.74) is 7.03. The highest BCUT2D eigenvalue weighted by Gasteiger charge is 2.33. The minimum Gasteiger partial charge on any atom is -0.484 e. The Labute approximate surface area is 215 Å². The van der Waals surface area contributed by atoms with Crippen molar-refractivity contribution in [2.24, 2.45) is 10.7 Å². The summed E-state index contributed by atoms with van der Waals surface area (Å²) in [6.45, 7) is 5.01. The van der Waals surface area contributed by atoms with Gasteiger partial charge in [-0.25, -0.2) is 9.79 Å². The maximum absolute atomic E-state index is 13.7. The molecule has 8 nitrogen and oxygen atoms in total. The van der Waals surface area contributed by atoms with E-state index < -0.39 is 17.9 Å². The molecule has 0 saturated heterocycles. The van der Waals surface area contributed by atoms with Crippen molar-refractivity contribution in [2.45, 2.75) is 32.9 Å². The van der Waals surface area contributed by atoms with E-state index in [0.29, 0.717) is 42.5 Å². The van der Waals surface area contributed by atoms with Gasteiger partial charge in [-0.2, -0.15) is 0 Å². The van der Waals surface area contributed by atoms with Crippen LogP contribution >= 0.6 is 22.9 Å². The van der Waals surface area contributed by atoms with Gasteiger partial charge >= 0.3 is 5.97 Å². The van der Waals surface area contributed by atoms with E-state index in [1.54, 1.807) is 69.3 Å². The van der Waals surface area contributed by atoms with Gasteiger partial charge < -0.3 is 15.2 Å². The zero-order chi connectivity index (χ0) is 26.0. The first-order chi connectivity index (χ1) is 17.1. The maximum Gasteiger partial charge on any atom is 0.338 e. The summed E-state index contributed by atoms with van der Waals surface area (Å²) in [5, 5.41) is 0.539. The fourth-order valence-electron chi connectivity index (χ4n) is 3.82. The molecule has 1 amide bonds. The molecule has 0 aliphatic carbocycles. The van der Waals surface area contributed by atoms with Gasteiger partial charge in [0.2, 0.25) is 0 Å². The minimum atomic E-state index is -0.725. The third-order valence-electron chi connectivity index (χ3n) is 5.31. The van der Waals surface area contributed by atoms with Gasteiger partial charge in [0.25, 0.3) is 11.5 Å². The number of benzene rings is 2. The molecule has 1 aliphatic rings. The molecule has 1 aliphatic heterocycles. The van der Waals surface area contributed by atoms with Crippen LogP contribution in [-0.4, -0.2) is 29.2 Å². The van der Waals surface area contributed by atoms with Crippen molar-refractivity contribution in [3.05, 3.63) is 95.6 Å². The zero-order valence-electron chi connectivity index (χ0n) is 19.9. The van der Waals surface area contributed by atoms with E-state index in [1.165, 1.54) is 15.9 Å². The molecular weight excluding hydrogens is 502 g/mol. The van der Waals surface area contributed by atoms with Gasteiger partial charge in [0.05, 0.1) is 27.9 Å². The molecule has 4 rings (SSSR count). The fourth-order valence-corrected chi connectivity index (χ4v) is 4.99. The number of carbonyl (C=O) groups excluding carboxylic acids is 2. The topological polar surface area (TPSA) is 113 Å². The Morgan fingerprint density at radius 2 is 1.94 bits per heavy atom. The quantitative estimate of drug-likeness (QED) is 0.476. The third kappa shape index (κ3) is 5.42. The summed E-state index contributed by atoms with van der Waals surface area (Å²) in [7, 11) is 0. The second-order valence-corrected chi connectivity index (χ2v) is 9.86. The number of fused-ring (bicyclic) bond motifs is 1. The molecule has 0 fully saturated rings. The van der Waals surface area contributed by atoms with Gasteiger partial charge in [-0.15, -0.1) is 0 Å². The molecule has 36 heavy (non-hydrogen) atoms. The van der Waals surface area contributed by atoms with Gasteiger partial charge in [-0.1, -0.05) is 47.2 Å². The smallest absolute Gasteiger partial charge is 0.338 e. The molecule has 0 saturated carbocycles. The highest BCUT2D eigenvalue weighted by Crippen LogP contribution is 2.31. The van der Waals surface area contributed by atoms with Crippen molar-refractivity contribution < 1.29 is 19.1 Å². The average molecular weight is 526 g/mol. The van der Waals surface area contributed by atoms with Gasteiger partial charge in [0.1, 0.15) is 5.75 Å². The van der Waals surface area contributed by atoms with E-state index in [-0.39, 0.29) is 18.3 Å². The van der Waals surface area contributed by atoms with E-state index in [2.05, 4.69) is 4.99 Å². The number of carbonyl (C=O) groups is 2. The van der Waals surface area contributed by atoms with Crippen LogP contribution in [0.3, 0.4) is 0 Å². The lowest BCUT2D eigenvalue weighted by Gasteiger charge is -2.25. The molecule has 2 aromatic carbocycles. The lowest BCUT2D eigenvalue weighted by molar-refractivity contribution is -0.143. The Bertz CT molecular complexity index is 1540. The Balaban J connectivity index is 1.85. The van der Waals surface area contributed by atoms with E-state index in [0.717, 1.165) is 0 Å². The molecule has 1 aromatic heterocycles. The molecule has 2 N–H and O–H groups in total. The highest BCUT2D eigenvalue weighted by atomic mass is 35.5. The van der Waals surface area contributed by atoms with Crippen molar-refractivity contribution in [2.75, 3.05) is 6.61 Å². The maximum atomic E-state index is 13.7. The third-order valence-corrected chi connectivity index (χ3v) is 6.54. The Morgan fingerprint density at radius 3 is 2.61 bits per heavy atom. The number of esters is 1. The summed E-state index contributed by atoms with van der Waals surface area (Å²) < 4.78 is 12.8. The van der Waals surface area contributed by atoms with Crippen LogP contribution in [0.2, 0.25) is 5.02 Å². The van der Waals surface area contributed by atoms with Gasteiger partial charge in [-0.3, -0.25) is 14.2 Å². The van der Waals surface area contributed by atoms with Crippen LogP contribution in [0.15, 0.2) is 69.6 Å². The van der Waals surface area contributed by atoms with E-state index in [9.17, 15) is 14.4 Å². The summed E-state index contributed by atoms with van der Waals surface area (Å²) in [6, 6.07) is 13.2. The monoisotopic (exact) mass is 525 g/mol. The SMILES string of the molecule is CC1=C(C(=O)OC(C)C)C(c2ccc(Cl)cc2)n2c(sc(=Cc3cccc(OCC(N)=O)c3)c2=O)=N1. The Hall–Kier alpha value is -3.69. The van der Waals surface area contributed by atoms with Crippen molar-refractivity contribution >= 4 is 40.9 Å². The van der Waals surface area contributed by atoms with Gasteiger partial charge in [0.15, 0.2) is 11.4 Å². The van der Waals surface area contributed by atoms with Crippen molar-refractivity contribution in [1.29, 1.82) is 0 Å². The average Bonchev–Trinajstić information content (AvgIpc) is 3.11. The summed E-state index contributed by atoms with van der Waals surface area (Å²) >= 11 is 7.31. The second-order valence-electron chi connectivity index (χ2n) is 8.41. The van der Waals surface area contributed by atoms with E-state index in [4.69, 9.17) is 26.8 Å². The number of halogens is 1. The van der Waals surface area contributed by atoms with Crippen LogP contribution in [0.1, 0.15) is 37.9 Å². The Kier molecular flexibility index (Phi) is 7.42. The number of ether oxygens (including phenoxy) is 2. The predicted octanol–water partition coefficient (Wildman–Crippen LogP) is 2.70. The minimum absolute atomic E-state index is 0.249. The fraction of sp³-hybridized carbons (Fsp3) is 0.231. The number of amides is 1. The van der Waals surface area contributed by atoms with Crippen LogP contribution in [0.25, 0.3) is 6.08 Å². The Morgan fingerprint density at radius 1 is 1.22 bits per heavy atom. The first-order valence-corrected chi connectivity index (χ1v) is 12.3. The van der Waals surface area contributed by atoms with Crippen LogP contribution in [0.5, 0.6) is 5.75 Å². The van der Waals surface area contributed by atoms with Crippen molar-refractivity contribution in [1.82, 2.24) is 4.57 Å². The van der Waals surface area contributed by atoms with Gasteiger partial charge in [0, 0.05) is 5.02 Å². The molecule has 0 radical (unpaired) electrons. The number of hydrogen-bond acceptors (Lipinski definition) is 7. The standard InChI is InChI=1S/C26H24ClN3O5S/c1-14(2)35-25(33)22-15(3)29-26-30(23(22)17-7-9-18(27)10-8-17)24(32)20(36-26)12-16-5-4-6-19(11-16)34-13-21(28)31/h4-12,14,23H,13H2,1-3H3,(H2,28,31). The molecule has 1 atom stereocenters. The van der Waals surface area contributed by atoms with Crippen molar-refractivity contribution in [3.63, 3.8) is 0 Å². The summed E-state index contributed by atoms with van der Waals surface area (Å²) in [4.78, 5) is 42.8. The molecule has 3 aromatic rings. The number of nitrogens with two attached hydrogens (primary N) is 1. The van der Waals surface area contributed by atoms with Crippen LogP contribution in [0, 0.1) is 0 Å². The molecule has 10 heteroatoms. The first kappa shape index (κ1) is 25.4. The molecule has 2 heterocycles. The zero-order valence-corrected chi connectivity index (χ0v) is 21.4. The summed E-state index contributed by atoms with van der Waals surface area (Å²) in [5.74, 6) is -0.665. The number of nitrogens with zero attached hydrogens (tertiary/aromatic N) is 2. The van der Waals surface area contributed by atoms with Crippen molar-refractivity contribution in [3.8, 4) is 5.75 Å². The number of primary amides is 1. The molecular formula is C26H24ClN3O5S. The van der Waals surface area contributed by atoms with Crippen LogP contribution < -0.4 is 25.4 Å².